The maximum atomic E-state index is 5.99. The Morgan fingerprint density at radius 2 is 2.26 bits per heavy atom. The van der Waals surface area contributed by atoms with E-state index in [1.807, 2.05) is 18.2 Å². The van der Waals surface area contributed by atoms with Gasteiger partial charge in [0.15, 0.2) is 0 Å². The van der Waals surface area contributed by atoms with E-state index in [0.29, 0.717) is 5.89 Å². The average Bonchev–Trinajstić information content (AvgIpc) is 2.84. The Kier molecular flexibility index (Phi) is 3.57. The van der Waals surface area contributed by atoms with Gasteiger partial charge in [-0.15, -0.1) is 0 Å². The molecule has 6 heteroatoms. The predicted molar refractivity (Wildman–Crippen MR) is 84.8 cm³/mol. The fraction of sp³-hybridized carbons (Fsp3) is 0.385. The summed E-state index contributed by atoms with van der Waals surface area (Å²) in [6, 6.07) is 5.77. The van der Waals surface area contributed by atoms with Crippen molar-refractivity contribution in [3.05, 3.63) is 35.9 Å². The average molecular weight is 387 g/mol. The summed E-state index contributed by atoms with van der Waals surface area (Å²) in [6.07, 6.45) is 1.76. The standard InChI is InChI=1S/C13H14IN3OS/c1-13(2)8-17(19-14)7-10-11(13)18-12(16-10)9-5-3-4-6-15-9/h3-6H,7-8H2,1-2H3. The highest BCUT2D eigenvalue weighted by molar-refractivity contribution is 14.2. The first-order valence-electron chi connectivity index (χ1n) is 6.05. The molecule has 1 aliphatic heterocycles. The number of halogens is 1. The van der Waals surface area contributed by atoms with Crippen LogP contribution in [0.4, 0.5) is 0 Å². The molecule has 0 spiro atoms. The lowest BCUT2D eigenvalue weighted by atomic mass is 9.86. The molecule has 0 atom stereocenters. The molecule has 2 aromatic heterocycles. The summed E-state index contributed by atoms with van der Waals surface area (Å²) in [5, 5.41) is 0. The van der Waals surface area contributed by atoms with Gasteiger partial charge in [0.2, 0.25) is 5.89 Å². The molecule has 19 heavy (non-hydrogen) atoms. The van der Waals surface area contributed by atoms with Crippen LogP contribution in [0.25, 0.3) is 11.6 Å². The number of nitrogens with zero attached hydrogens (tertiary/aromatic N) is 3. The number of hydrogen-bond acceptors (Lipinski definition) is 5. The lowest BCUT2D eigenvalue weighted by Crippen LogP contribution is -2.37. The number of oxazole rings is 1. The quantitative estimate of drug-likeness (QED) is 0.579. The third-order valence-corrected chi connectivity index (χ3v) is 5.32. The van der Waals surface area contributed by atoms with Crippen LogP contribution in [0.15, 0.2) is 28.8 Å². The molecule has 2 aromatic rings. The SMILES string of the molecule is CC1(C)CN(SI)Cc2nc(-c3ccccn3)oc21. The monoisotopic (exact) mass is 387 g/mol. The Labute approximate surface area is 128 Å². The zero-order valence-electron chi connectivity index (χ0n) is 10.8. The van der Waals surface area contributed by atoms with Gasteiger partial charge in [-0.25, -0.2) is 9.29 Å². The Morgan fingerprint density at radius 1 is 1.42 bits per heavy atom. The van der Waals surface area contributed by atoms with Crippen molar-refractivity contribution in [2.75, 3.05) is 6.54 Å². The zero-order chi connectivity index (χ0) is 13.5. The summed E-state index contributed by atoms with van der Waals surface area (Å²) < 4.78 is 8.29. The van der Waals surface area contributed by atoms with Crippen LogP contribution in [-0.2, 0) is 12.0 Å². The number of hydrogen-bond donors (Lipinski definition) is 0. The first kappa shape index (κ1) is 13.4. The minimum absolute atomic E-state index is 0.0220. The Balaban J connectivity index is 2.04. The second-order valence-electron chi connectivity index (χ2n) is 5.26. The van der Waals surface area contributed by atoms with Gasteiger partial charge in [0.25, 0.3) is 0 Å². The second-order valence-corrected chi connectivity index (χ2v) is 7.10. The number of pyridine rings is 1. The molecule has 0 N–H and O–H groups in total. The molecule has 4 nitrogen and oxygen atoms in total. The van der Waals surface area contributed by atoms with Crippen molar-refractivity contribution >= 4 is 30.3 Å². The largest absolute Gasteiger partial charge is 0.439 e. The van der Waals surface area contributed by atoms with E-state index >= 15 is 0 Å². The molecule has 0 saturated heterocycles. The van der Waals surface area contributed by atoms with Gasteiger partial charge in [-0.05, 0) is 21.3 Å². The van der Waals surface area contributed by atoms with Gasteiger partial charge in [-0.2, -0.15) is 0 Å². The van der Waals surface area contributed by atoms with E-state index in [1.165, 1.54) is 0 Å². The Bertz CT molecular complexity index is 585. The highest BCUT2D eigenvalue weighted by atomic mass is 127. The minimum atomic E-state index is -0.0220. The van der Waals surface area contributed by atoms with Gasteiger partial charge in [-0.3, -0.25) is 4.98 Å². The normalized spacial score (nSPS) is 18.3. The van der Waals surface area contributed by atoms with E-state index in [-0.39, 0.29) is 5.41 Å². The van der Waals surface area contributed by atoms with Crippen molar-refractivity contribution < 1.29 is 4.42 Å². The van der Waals surface area contributed by atoms with E-state index in [1.54, 1.807) is 15.3 Å². The van der Waals surface area contributed by atoms with Crippen LogP contribution in [0.2, 0.25) is 0 Å². The maximum absolute atomic E-state index is 5.99. The number of fused-ring (bicyclic) bond motifs is 1. The molecule has 0 fully saturated rings. The summed E-state index contributed by atoms with van der Waals surface area (Å²) >= 11 is 2.31. The van der Waals surface area contributed by atoms with E-state index < -0.39 is 0 Å². The molecule has 0 aliphatic carbocycles. The lowest BCUT2D eigenvalue weighted by Gasteiger charge is -2.33. The summed E-state index contributed by atoms with van der Waals surface area (Å²) in [7, 11) is 1.72. The van der Waals surface area contributed by atoms with Crippen molar-refractivity contribution in [1.29, 1.82) is 0 Å². The van der Waals surface area contributed by atoms with Crippen LogP contribution in [0.1, 0.15) is 25.3 Å². The summed E-state index contributed by atoms with van der Waals surface area (Å²) in [5.41, 5.74) is 1.80. The summed E-state index contributed by atoms with van der Waals surface area (Å²) in [5.74, 6) is 1.62. The molecular formula is C13H14IN3OS. The third kappa shape index (κ3) is 2.53. The van der Waals surface area contributed by atoms with Crippen molar-refractivity contribution in [1.82, 2.24) is 14.3 Å². The van der Waals surface area contributed by atoms with Gasteiger partial charge in [0.1, 0.15) is 11.5 Å². The highest BCUT2D eigenvalue weighted by Crippen LogP contribution is 2.39. The Morgan fingerprint density at radius 3 is 2.95 bits per heavy atom. The van der Waals surface area contributed by atoms with Gasteiger partial charge in [-0.1, -0.05) is 19.9 Å². The van der Waals surface area contributed by atoms with E-state index in [9.17, 15) is 0 Å². The van der Waals surface area contributed by atoms with Crippen molar-refractivity contribution in [3.8, 4) is 11.6 Å². The van der Waals surface area contributed by atoms with Gasteiger partial charge >= 0.3 is 0 Å². The third-order valence-electron chi connectivity index (χ3n) is 3.19. The van der Waals surface area contributed by atoms with E-state index in [2.05, 4.69) is 49.3 Å². The molecule has 0 aromatic carbocycles. The first-order valence-corrected chi connectivity index (χ1v) is 9.37. The molecule has 0 radical (unpaired) electrons. The second kappa shape index (κ2) is 5.06. The number of aromatic nitrogens is 2. The molecule has 1 aliphatic rings. The van der Waals surface area contributed by atoms with Crippen LogP contribution in [0.5, 0.6) is 0 Å². The van der Waals surface area contributed by atoms with Crippen molar-refractivity contribution in [2.24, 2.45) is 0 Å². The zero-order valence-corrected chi connectivity index (χ0v) is 13.7. The molecule has 0 bridgehead atoms. The maximum Gasteiger partial charge on any atom is 0.245 e. The molecule has 3 heterocycles. The fourth-order valence-electron chi connectivity index (χ4n) is 2.37. The fourth-order valence-corrected chi connectivity index (χ4v) is 3.75. The van der Waals surface area contributed by atoms with Crippen molar-refractivity contribution in [3.63, 3.8) is 0 Å². The van der Waals surface area contributed by atoms with Crippen LogP contribution in [0, 0.1) is 0 Å². The van der Waals surface area contributed by atoms with Crippen LogP contribution >= 0.6 is 30.3 Å². The predicted octanol–water partition coefficient (Wildman–Crippen LogP) is 3.83. The van der Waals surface area contributed by atoms with E-state index in [4.69, 9.17) is 4.42 Å². The first-order chi connectivity index (χ1) is 9.10. The molecule has 100 valence electrons. The van der Waals surface area contributed by atoms with Crippen LogP contribution in [0.3, 0.4) is 0 Å². The molecule has 0 amide bonds. The van der Waals surface area contributed by atoms with E-state index in [0.717, 1.165) is 30.2 Å². The molecule has 3 rings (SSSR count). The van der Waals surface area contributed by atoms with Gasteiger partial charge in [0.05, 0.1) is 12.2 Å². The van der Waals surface area contributed by atoms with Crippen molar-refractivity contribution in [2.45, 2.75) is 25.8 Å². The molecule has 0 saturated carbocycles. The summed E-state index contributed by atoms with van der Waals surface area (Å²) in [6.45, 7) is 6.17. The lowest BCUT2D eigenvalue weighted by molar-refractivity contribution is 0.276. The summed E-state index contributed by atoms with van der Waals surface area (Å²) in [4.78, 5) is 8.93. The smallest absolute Gasteiger partial charge is 0.245 e. The number of rotatable bonds is 2. The minimum Gasteiger partial charge on any atom is -0.439 e. The molecular weight excluding hydrogens is 373 g/mol. The molecule has 0 unspecified atom stereocenters. The van der Waals surface area contributed by atoms with Gasteiger partial charge in [0, 0.05) is 39.4 Å². The topological polar surface area (TPSA) is 42.2 Å². The van der Waals surface area contributed by atoms with Crippen LogP contribution < -0.4 is 0 Å². The highest BCUT2D eigenvalue weighted by Gasteiger charge is 2.37. The van der Waals surface area contributed by atoms with Crippen LogP contribution in [-0.4, -0.2) is 20.8 Å². The Hall–Kier alpha value is -0.600. The van der Waals surface area contributed by atoms with Gasteiger partial charge < -0.3 is 4.42 Å².